The standard InChI is InChI=1S/C37H56N6O6.C37H55N5O7S.C33H46N4O5/c1-11-12-18-25(29(45)32(47)38-20-19-26(44)42(10)21-23-16-14-13-15-17-23)39-31(46)28-27-24(37(27,8)9)22-43(28)33(48)30(35(2,3)4)40-34(49)41-36(5,6)7;1-7-8-19-27(31(43)33(45)38-20-21-50(48,49)23-24-15-11-9-12-16-24)39-32(44)30-28-26(37(28,5)6)22-42(30)34(46)29(25-17-13-10-14-18-25)40-35(47)41-36(2,3)4;1-18(2)10-13-25(38)36-27(22-15-20-8-6-7-9-21(20)16-22)32(42)37-17-23-26(33(23,3)4)28(37)30(40)35-24(14-19-11-12-19)29(39)31(41)34-5/h11,13-17,24-25,27-28,30H,1,12,18-22H2,2-10H3,(H,38,47)(H,39,46)(H2,40,41,49);7,9,11-12,15-16,25-30H,1,8,10,13-14,17-23H2,2-6H3,(H,38,45)(H,39,44)(H2,40,41,47);6-9,18-19,22-24,26-28H,10-17H2,1-5H3,(H,34,41)(H,35,40)(H,36,38)/t24-,25?,27-,28-,30+;26-,27?,28-,29-,30-;23-,24?,26-,27-,28-/m000/s1. The van der Waals surface area contributed by atoms with E-state index in [-0.39, 0.29) is 143 Å². The van der Waals surface area contributed by atoms with E-state index in [1.807, 2.05) is 119 Å². The molecule has 12 rings (SSSR count). The number of benzene rings is 3. The number of carbonyl (C=O) groups excluding carboxylic acids is 16. The third kappa shape index (κ3) is 29.3. The van der Waals surface area contributed by atoms with Gasteiger partial charge in [0.15, 0.2) is 9.84 Å². The molecule has 3 unspecified atom stereocenters. The number of Topliss-reactive ketones (excluding diaryl/α,β-unsaturated/α-hetero) is 3. The van der Waals surface area contributed by atoms with Crippen LogP contribution in [0.5, 0.6) is 0 Å². The zero-order chi connectivity index (χ0) is 104. The molecule has 15 amide bonds. The van der Waals surface area contributed by atoms with Gasteiger partial charge in [0.25, 0.3) is 17.7 Å². The lowest BCUT2D eigenvalue weighted by molar-refractivity contribution is -0.145. The maximum Gasteiger partial charge on any atom is 0.315 e. The summed E-state index contributed by atoms with van der Waals surface area (Å²) in [6, 6.07) is 17.1. The highest BCUT2D eigenvalue weighted by atomic mass is 32.2. The van der Waals surface area contributed by atoms with Crippen molar-refractivity contribution in [2.24, 2.45) is 80.8 Å². The number of nitrogens with one attached hydrogen (secondary N) is 11. The molecular weight excluding hydrogens is 1820 g/mol. The second-order valence-electron chi connectivity index (χ2n) is 45.8. The summed E-state index contributed by atoms with van der Waals surface area (Å²) < 4.78 is 25.2. The fourth-order valence-electron chi connectivity index (χ4n) is 21.6. The van der Waals surface area contributed by atoms with Gasteiger partial charge in [0.2, 0.25) is 64.6 Å². The van der Waals surface area contributed by atoms with E-state index in [2.05, 4.69) is 125 Å². The number of amides is 15. The SMILES string of the molecule is C=CCCC(NC(=O)[C@@H]1[C@@H]2[C@H](CN1C(=O)[C@@H](NC(=O)NC(C)(C)C)C(C)(C)C)C2(C)C)C(=O)C(=O)NCCC(=O)N(C)Cc1ccccc1.C=CCCC(NC(=O)[C@@H]1[C@@H]2[C@H](CN1C(=O)[C@@H](NC(=O)NC(C)(C)C)C1CCCCC1)C2(C)C)C(=O)C(=O)NCCS(=O)(=O)Cc1ccccc1.CNC(=O)C(=O)C(CC1CC1)NC(=O)[C@@H]1[C@@H]2[C@H](CN1C(=O)[C@@H](NC(=O)CCC(C)C)C1Cc3ccccc3C1)C2(C)C. The van der Waals surface area contributed by atoms with E-state index < -0.39 is 140 Å². The van der Waals surface area contributed by atoms with Crippen LogP contribution < -0.4 is 58.5 Å². The van der Waals surface area contributed by atoms with E-state index in [4.69, 9.17) is 0 Å². The van der Waals surface area contributed by atoms with E-state index in [1.54, 1.807) is 64.2 Å². The second kappa shape index (κ2) is 46.9. The van der Waals surface area contributed by atoms with E-state index in [9.17, 15) is 85.1 Å². The van der Waals surface area contributed by atoms with Gasteiger partial charge in [-0.05, 0) is 209 Å². The highest BCUT2D eigenvalue weighted by molar-refractivity contribution is 7.90. The Balaban J connectivity index is 0.000000218. The van der Waals surface area contributed by atoms with Gasteiger partial charge in [-0.25, -0.2) is 18.0 Å². The molecule has 0 aromatic heterocycles. The lowest BCUT2D eigenvalue weighted by Crippen LogP contribution is -2.62. The first kappa shape index (κ1) is 112. The van der Waals surface area contributed by atoms with E-state index in [0.717, 1.165) is 56.9 Å². The van der Waals surface area contributed by atoms with Crippen LogP contribution in [-0.2, 0) is 102 Å². The molecule has 9 aliphatic rings. The van der Waals surface area contributed by atoms with Crippen molar-refractivity contribution in [1.82, 2.24) is 78.1 Å². The average Bonchev–Trinajstić information content (AvgIpc) is 1.53. The van der Waals surface area contributed by atoms with Crippen LogP contribution in [0.2, 0.25) is 0 Å². The average molecular weight is 1970 g/mol. The highest BCUT2D eigenvalue weighted by Gasteiger charge is 2.73. The summed E-state index contributed by atoms with van der Waals surface area (Å²) in [6.45, 7) is 41.8. The Morgan fingerprint density at radius 1 is 0.482 bits per heavy atom. The number of urea groups is 2. The summed E-state index contributed by atoms with van der Waals surface area (Å²) in [5.74, 6) is -7.82. The van der Waals surface area contributed by atoms with Crippen molar-refractivity contribution in [3.63, 3.8) is 0 Å². The summed E-state index contributed by atoms with van der Waals surface area (Å²) in [7, 11) is -0.479. The molecular formula is C107H157N15O18S. The normalized spacial score (nSPS) is 22.8. The number of carbonyl (C=O) groups is 16. The lowest BCUT2D eigenvalue weighted by atomic mass is 9.83. The summed E-state index contributed by atoms with van der Waals surface area (Å²) in [5.41, 5.74) is 1.73. The number of sulfone groups is 1. The fourth-order valence-corrected chi connectivity index (χ4v) is 22.8. The summed E-state index contributed by atoms with van der Waals surface area (Å²) >= 11 is 0. The minimum atomic E-state index is -3.56. The number of piperidine rings is 3. The lowest BCUT2D eigenvalue weighted by Gasteiger charge is -2.38. The largest absolute Gasteiger partial charge is 0.353 e. The van der Waals surface area contributed by atoms with Crippen molar-refractivity contribution < 1.29 is 85.1 Å². The Kier molecular flexibility index (Phi) is 37.2. The third-order valence-electron chi connectivity index (χ3n) is 30.0. The van der Waals surface area contributed by atoms with E-state index >= 15 is 0 Å². The number of rotatable bonds is 41. The summed E-state index contributed by atoms with van der Waals surface area (Å²) in [4.78, 5) is 221. The van der Waals surface area contributed by atoms with Crippen LogP contribution >= 0.6 is 0 Å². The number of hydrogen-bond acceptors (Lipinski definition) is 18. The Hall–Kier alpha value is -11.2. The zero-order valence-corrected chi connectivity index (χ0v) is 87.2. The molecule has 774 valence electrons. The molecule has 141 heavy (non-hydrogen) atoms. The van der Waals surface area contributed by atoms with Crippen LogP contribution in [0, 0.1) is 80.8 Å². The fraction of sp³-hybridized carbons (Fsp3) is 0.645. The molecule has 8 fully saturated rings. The van der Waals surface area contributed by atoms with Gasteiger partial charge in [0.05, 0.1) is 29.6 Å². The number of hydrogen-bond donors (Lipinski definition) is 11. The molecule has 3 aliphatic heterocycles. The van der Waals surface area contributed by atoms with Crippen LogP contribution in [0.25, 0.3) is 0 Å². The molecule has 3 aromatic rings. The van der Waals surface area contributed by atoms with Crippen LogP contribution in [0.4, 0.5) is 9.59 Å². The van der Waals surface area contributed by atoms with Crippen molar-refractivity contribution in [3.05, 3.63) is 132 Å². The predicted molar refractivity (Wildman–Crippen MR) is 537 cm³/mol. The minimum Gasteiger partial charge on any atom is -0.353 e. The van der Waals surface area contributed by atoms with Crippen molar-refractivity contribution in [2.75, 3.05) is 52.6 Å². The quantitative estimate of drug-likeness (QED) is 0.0186. The Labute approximate surface area is 833 Å². The van der Waals surface area contributed by atoms with Crippen molar-refractivity contribution >= 4 is 104 Å². The Morgan fingerprint density at radius 3 is 1.32 bits per heavy atom. The van der Waals surface area contributed by atoms with Gasteiger partial charge in [0.1, 0.15) is 36.3 Å². The summed E-state index contributed by atoms with van der Waals surface area (Å²) in [6.07, 6.45) is 13.5. The molecule has 0 bridgehead atoms. The van der Waals surface area contributed by atoms with Gasteiger partial charge < -0.3 is 78.1 Å². The second-order valence-corrected chi connectivity index (χ2v) is 48.0. The molecule has 34 heteroatoms. The minimum absolute atomic E-state index is 0.0000876. The molecule has 0 radical (unpaired) electrons. The van der Waals surface area contributed by atoms with Crippen LogP contribution in [0.3, 0.4) is 0 Å². The Morgan fingerprint density at radius 2 is 0.894 bits per heavy atom. The molecule has 0 spiro atoms. The molecule has 5 saturated carbocycles. The first-order valence-electron chi connectivity index (χ1n) is 50.6. The maximum atomic E-state index is 14.4. The predicted octanol–water partition coefficient (Wildman–Crippen LogP) is 8.84. The number of likely N-dealkylation sites (N-methyl/N-ethyl adjacent to an activating group) is 1. The van der Waals surface area contributed by atoms with Crippen molar-refractivity contribution in [1.29, 1.82) is 0 Å². The topological polar surface area (TPSA) is 453 Å². The number of allylic oxidation sites excluding steroid dienone is 2. The van der Waals surface area contributed by atoms with Gasteiger partial charge in [-0.1, -0.05) is 205 Å². The smallest absolute Gasteiger partial charge is 0.315 e. The molecule has 6 aliphatic carbocycles. The zero-order valence-electron chi connectivity index (χ0n) is 86.3. The monoisotopic (exact) mass is 1970 g/mol. The van der Waals surface area contributed by atoms with Gasteiger partial charge >= 0.3 is 12.1 Å². The first-order chi connectivity index (χ1) is 66.0. The van der Waals surface area contributed by atoms with Crippen LogP contribution in [-0.4, -0.2) is 240 Å². The number of fused-ring (bicyclic) bond motifs is 4. The molecule has 3 saturated heterocycles. The number of likely N-dealkylation sites (tertiary alicyclic amines) is 3. The number of nitrogens with zero attached hydrogens (tertiary/aromatic N) is 4. The molecule has 3 heterocycles. The highest BCUT2D eigenvalue weighted by Crippen LogP contribution is 2.67. The van der Waals surface area contributed by atoms with Gasteiger partial charge in [-0.3, -0.25) is 67.1 Å². The van der Waals surface area contributed by atoms with E-state index in [0.29, 0.717) is 82.1 Å². The van der Waals surface area contributed by atoms with Crippen molar-refractivity contribution in [2.45, 2.75) is 305 Å². The van der Waals surface area contributed by atoms with Gasteiger partial charge in [0, 0.05) is 77.3 Å². The summed E-state index contributed by atoms with van der Waals surface area (Å²) in [5, 5.41) is 30.3. The molecule has 11 N–H and O–H groups in total. The van der Waals surface area contributed by atoms with Crippen LogP contribution in [0.1, 0.15) is 236 Å². The third-order valence-corrected chi connectivity index (χ3v) is 31.6. The maximum absolute atomic E-state index is 14.4. The van der Waals surface area contributed by atoms with Crippen LogP contribution in [0.15, 0.2) is 110 Å². The van der Waals surface area contributed by atoms with Gasteiger partial charge in [-0.2, -0.15) is 0 Å². The molecule has 3 aromatic carbocycles. The first-order valence-corrected chi connectivity index (χ1v) is 52.4. The number of ketones is 3. The molecule has 15 atom stereocenters. The van der Waals surface area contributed by atoms with Gasteiger partial charge in [-0.15, -0.1) is 13.2 Å². The Bertz CT molecular complexity index is 5180. The van der Waals surface area contributed by atoms with E-state index in [1.165, 1.54) is 23.1 Å². The van der Waals surface area contributed by atoms with Crippen molar-refractivity contribution in [3.8, 4) is 0 Å². The molecule has 33 nitrogen and oxygen atoms in total.